The third-order valence-electron chi connectivity index (χ3n) is 1.76. The molecule has 0 atom stereocenters. The van der Waals surface area contributed by atoms with E-state index in [4.69, 9.17) is 10.2 Å². The van der Waals surface area contributed by atoms with Gasteiger partial charge in [0.25, 0.3) is 0 Å². The quantitative estimate of drug-likeness (QED) is 0.827. The lowest BCUT2D eigenvalue weighted by Gasteiger charge is -1.95. The lowest BCUT2D eigenvalue weighted by Crippen LogP contribution is -1.76. The molecule has 0 radical (unpaired) electrons. The van der Waals surface area contributed by atoms with Crippen molar-refractivity contribution in [2.45, 2.75) is 0 Å². The fourth-order valence-electron chi connectivity index (χ4n) is 1.12. The maximum Gasteiger partial charge on any atom is 0.190 e. The van der Waals surface area contributed by atoms with Crippen molar-refractivity contribution < 1.29 is 4.42 Å². The second kappa shape index (κ2) is 3.26. The molecular weight excluding hydrogens is 230 g/mol. The number of hydrogen-bond donors (Lipinski definition) is 1. The van der Waals surface area contributed by atoms with Gasteiger partial charge in [-0.05, 0) is 18.2 Å². The van der Waals surface area contributed by atoms with Crippen LogP contribution in [0.5, 0.6) is 0 Å². The van der Waals surface area contributed by atoms with Crippen LogP contribution in [0.15, 0.2) is 45.3 Å². The molecule has 0 saturated carbocycles. The zero-order chi connectivity index (χ0) is 9.26. The Hall–Kier alpha value is -1.22. The zero-order valence-electron chi connectivity index (χ0n) is 6.83. The van der Waals surface area contributed by atoms with E-state index in [1.807, 2.05) is 30.3 Å². The number of halogens is 1. The van der Waals surface area contributed by atoms with Crippen molar-refractivity contribution >= 4 is 21.8 Å². The highest BCUT2D eigenvalue weighted by Crippen LogP contribution is 2.24. The predicted molar refractivity (Wildman–Crippen MR) is 56.3 cm³/mol. The van der Waals surface area contributed by atoms with E-state index < -0.39 is 0 Å². The molecule has 0 fully saturated rings. The molecule has 0 aliphatic rings. The van der Waals surface area contributed by atoms with E-state index in [9.17, 15) is 0 Å². The van der Waals surface area contributed by atoms with E-state index in [1.165, 1.54) is 0 Å². The molecule has 2 N–H and O–H groups in total. The average molecular weight is 238 g/mol. The molecule has 0 unspecified atom stereocenters. The Kier molecular flexibility index (Phi) is 2.10. The summed E-state index contributed by atoms with van der Waals surface area (Å²) in [5.74, 6) is 1.24. The van der Waals surface area contributed by atoms with Crippen LogP contribution in [-0.4, -0.2) is 0 Å². The molecule has 0 bridgehead atoms. The van der Waals surface area contributed by atoms with Crippen LogP contribution in [0.3, 0.4) is 0 Å². The van der Waals surface area contributed by atoms with E-state index in [-0.39, 0.29) is 0 Å². The summed E-state index contributed by atoms with van der Waals surface area (Å²) in [5, 5.41) is 0. The largest absolute Gasteiger partial charge is 0.441 e. The first kappa shape index (κ1) is 8.38. The Morgan fingerprint density at radius 2 is 1.69 bits per heavy atom. The summed E-state index contributed by atoms with van der Waals surface area (Å²) >= 11 is 3.37. The van der Waals surface area contributed by atoms with Crippen LogP contribution >= 0.6 is 15.9 Å². The number of nitrogens with two attached hydrogens (primary N) is 1. The maximum absolute atomic E-state index is 5.47. The molecule has 2 rings (SSSR count). The molecule has 0 spiro atoms. The Bertz CT molecular complexity index is 405. The van der Waals surface area contributed by atoms with Gasteiger partial charge in [0.2, 0.25) is 0 Å². The molecule has 13 heavy (non-hydrogen) atoms. The van der Waals surface area contributed by atoms with Gasteiger partial charge in [-0.25, -0.2) is 0 Å². The van der Waals surface area contributed by atoms with Crippen molar-refractivity contribution in [3.8, 4) is 11.3 Å². The summed E-state index contributed by atoms with van der Waals surface area (Å²) < 4.78 is 6.32. The van der Waals surface area contributed by atoms with Gasteiger partial charge >= 0.3 is 0 Å². The zero-order valence-corrected chi connectivity index (χ0v) is 8.41. The number of furan rings is 1. The Morgan fingerprint density at radius 3 is 2.23 bits per heavy atom. The van der Waals surface area contributed by atoms with Gasteiger partial charge in [0.05, 0.1) is 0 Å². The van der Waals surface area contributed by atoms with Crippen molar-refractivity contribution in [1.82, 2.24) is 0 Å². The Labute approximate surface area is 84.5 Å². The average Bonchev–Trinajstić information content (AvgIpc) is 2.53. The van der Waals surface area contributed by atoms with Gasteiger partial charge in [-0.3, -0.25) is 0 Å². The normalized spacial score (nSPS) is 10.2. The third kappa shape index (κ3) is 1.75. The van der Waals surface area contributed by atoms with E-state index in [0.717, 1.165) is 15.8 Å². The highest BCUT2D eigenvalue weighted by atomic mass is 79.9. The second-order valence-electron chi connectivity index (χ2n) is 2.71. The van der Waals surface area contributed by atoms with E-state index in [0.29, 0.717) is 5.88 Å². The van der Waals surface area contributed by atoms with Gasteiger partial charge in [-0.15, -0.1) is 0 Å². The van der Waals surface area contributed by atoms with Gasteiger partial charge in [0.1, 0.15) is 5.76 Å². The standard InChI is InChI=1S/C10H8BrNO/c11-8-3-1-7(2-4-8)9-5-6-10(12)13-9/h1-6H,12H2. The van der Waals surface area contributed by atoms with Gasteiger partial charge in [0.15, 0.2) is 5.88 Å². The van der Waals surface area contributed by atoms with E-state index >= 15 is 0 Å². The first-order valence-electron chi connectivity index (χ1n) is 3.87. The number of hydrogen-bond acceptors (Lipinski definition) is 2. The monoisotopic (exact) mass is 237 g/mol. The summed E-state index contributed by atoms with van der Waals surface area (Å²) in [6, 6.07) is 11.5. The highest BCUT2D eigenvalue weighted by Gasteiger charge is 2.01. The minimum Gasteiger partial charge on any atom is -0.441 e. The molecule has 0 saturated heterocycles. The van der Waals surface area contributed by atoms with Crippen LogP contribution in [0.1, 0.15) is 0 Å². The number of rotatable bonds is 1. The lowest BCUT2D eigenvalue weighted by molar-refractivity contribution is 0.603. The van der Waals surface area contributed by atoms with Crippen LogP contribution in [-0.2, 0) is 0 Å². The van der Waals surface area contributed by atoms with Crippen molar-refractivity contribution in [2.75, 3.05) is 5.73 Å². The van der Waals surface area contributed by atoms with Crippen LogP contribution in [0.25, 0.3) is 11.3 Å². The molecule has 1 aromatic heterocycles. The molecule has 2 nitrogen and oxygen atoms in total. The molecule has 1 heterocycles. The molecule has 66 valence electrons. The van der Waals surface area contributed by atoms with Gasteiger partial charge in [0, 0.05) is 16.1 Å². The minimum atomic E-state index is 0.443. The van der Waals surface area contributed by atoms with Crippen molar-refractivity contribution in [3.05, 3.63) is 40.9 Å². The number of benzene rings is 1. The smallest absolute Gasteiger partial charge is 0.190 e. The summed E-state index contributed by atoms with van der Waals surface area (Å²) in [5.41, 5.74) is 6.50. The number of nitrogen functional groups attached to an aromatic ring is 1. The summed E-state index contributed by atoms with van der Waals surface area (Å²) in [4.78, 5) is 0. The van der Waals surface area contributed by atoms with E-state index in [1.54, 1.807) is 6.07 Å². The summed E-state index contributed by atoms with van der Waals surface area (Å²) in [7, 11) is 0. The van der Waals surface area contributed by atoms with Crippen LogP contribution in [0, 0.1) is 0 Å². The fourth-order valence-corrected chi connectivity index (χ4v) is 1.39. The van der Waals surface area contributed by atoms with Gasteiger partial charge in [-0.2, -0.15) is 0 Å². The topological polar surface area (TPSA) is 39.2 Å². The summed E-state index contributed by atoms with van der Waals surface area (Å²) in [6.07, 6.45) is 0. The van der Waals surface area contributed by atoms with Crippen LogP contribution in [0.4, 0.5) is 5.88 Å². The predicted octanol–water partition coefficient (Wildman–Crippen LogP) is 3.29. The summed E-state index contributed by atoms with van der Waals surface area (Å²) in [6.45, 7) is 0. The van der Waals surface area contributed by atoms with Crippen LogP contribution in [0.2, 0.25) is 0 Å². The van der Waals surface area contributed by atoms with Crippen molar-refractivity contribution in [3.63, 3.8) is 0 Å². The molecule has 1 aromatic carbocycles. The second-order valence-corrected chi connectivity index (χ2v) is 3.62. The third-order valence-corrected chi connectivity index (χ3v) is 2.28. The molecule has 0 amide bonds. The SMILES string of the molecule is Nc1ccc(-c2ccc(Br)cc2)o1. The Balaban J connectivity index is 2.41. The Morgan fingerprint density at radius 1 is 1.00 bits per heavy atom. The minimum absolute atomic E-state index is 0.443. The molecule has 0 aliphatic carbocycles. The van der Waals surface area contributed by atoms with Gasteiger partial charge < -0.3 is 10.2 Å². The first-order chi connectivity index (χ1) is 6.25. The maximum atomic E-state index is 5.47. The van der Waals surface area contributed by atoms with E-state index in [2.05, 4.69) is 15.9 Å². The lowest BCUT2D eigenvalue weighted by atomic mass is 10.2. The van der Waals surface area contributed by atoms with Gasteiger partial charge in [-0.1, -0.05) is 28.1 Å². The van der Waals surface area contributed by atoms with Crippen LogP contribution < -0.4 is 5.73 Å². The molecule has 3 heteroatoms. The number of anilines is 1. The fraction of sp³-hybridized carbons (Fsp3) is 0. The highest BCUT2D eigenvalue weighted by molar-refractivity contribution is 9.10. The molecule has 2 aromatic rings. The van der Waals surface area contributed by atoms with Crippen molar-refractivity contribution in [2.24, 2.45) is 0 Å². The van der Waals surface area contributed by atoms with Crippen molar-refractivity contribution in [1.29, 1.82) is 0 Å². The molecule has 0 aliphatic heterocycles. The first-order valence-corrected chi connectivity index (χ1v) is 4.66. The molecular formula is C10H8BrNO.